The van der Waals surface area contributed by atoms with Gasteiger partial charge in [0.1, 0.15) is 0 Å². The first-order chi connectivity index (χ1) is 15.2. The maximum Gasteiger partial charge on any atom is 0.272 e. The molecule has 0 bridgehead atoms. The molecule has 0 radical (unpaired) electrons. The van der Waals surface area contributed by atoms with Gasteiger partial charge in [-0.15, -0.1) is 0 Å². The maximum absolute atomic E-state index is 13.1. The molecule has 2 heterocycles. The minimum absolute atomic E-state index is 0.129. The van der Waals surface area contributed by atoms with Gasteiger partial charge in [0.2, 0.25) is 0 Å². The van der Waals surface area contributed by atoms with E-state index in [0.717, 1.165) is 31.6 Å². The molecule has 2 aliphatic heterocycles. The molecule has 0 saturated carbocycles. The van der Waals surface area contributed by atoms with Crippen molar-refractivity contribution in [3.05, 3.63) is 70.3 Å². The summed E-state index contributed by atoms with van der Waals surface area (Å²) in [7, 11) is 0. The number of aliphatic hydroxyl groups excluding tert-OH is 1. The Morgan fingerprint density at radius 1 is 0.906 bits per heavy atom. The van der Waals surface area contributed by atoms with E-state index in [9.17, 15) is 13.9 Å². The number of alkyl halides is 2. The molecule has 3 nitrogen and oxygen atoms in total. The Morgan fingerprint density at radius 3 is 2.16 bits per heavy atom. The third kappa shape index (κ3) is 5.56. The van der Waals surface area contributed by atoms with Crippen molar-refractivity contribution in [1.29, 1.82) is 0 Å². The number of aliphatic hydroxyl groups is 1. The van der Waals surface area contributed by atoms with Crippen molar-refractivity contribution in [2.45, 2.75) is 58.0 Å². The zero-order valence-electron chi connectivity index (χ0n) is 19.5. The number of benzene rings is 2. The first-order valence-corrected chi connectivity index (χ1v) is 11.9. The first kappa shape index (κ1) is 23.3. The molecule has 1 unspecified atom stereocenters. The van der Waals surface area contributed by atoms with Gasteiger partial charge in [-0.25, -0.2) is 8.78 Å². The Kier molecular flexibility index (Phi) is 6.99. The van der Waals surface area contributed by atoms with Crippen LogP contribution in [-0.4, -0.2) is 53.6 Å². The van der Waals surface area contributed by atoms with Gasteiger partial charge in [0.25, 0.3) is 5.92 Å². The Bertz CT molecular complexity index is 898. The lowest BCUT2D eigenvalue weighted by Crippen LogP contribution is -2.55. The standard InChI is InChI=1S/C27H36F2N2O/c1-19(2)24-8-9-25(15-30-13-22(14-30)16-32)26(11-24)10-20(3)23-6-4-21(5-7-23)12-31-17-27(28,29)18-31/h4-9,11,19-20,22,32H,10,12-18H2,1-3H3. The lowest BCUT2D eigenvalue weighted by Gasteiger charge is -2.38. The Balaban J connectivity index is 1.42. The Morgan fingerprint density at radius 2 is 1.56 bits per heavy atom. The molecule has 0 spiro atoms. The maximum atomic E-state index is 13.1. The predicted molar refractivity (Wildman–Crippen MR) is 125 cm³/mol. The summed E-state index contributed by atoms with van der Waals surface area (Å²) in [6.07, 6.45) is 0.977. The Hall–Kier alpha value is -1.82. The minimum atomic E-state index is -2.51. The smallest absolute Gasteiger partial charge is 0.272 e. The number of hydrogen-bond acceptors (Lipinski definition) is 3. The minimum Gasteiger partial charge on any atom is -0.396 e. The van der Waals surface area contributed by atoms with Gasteiger partial charge in [-0.3, -0.25) is 9.80 Å². The molecule has 2 aliphatic rings. The van der Waals surface area contributed by atoms with E-state index in [-0.39, 0.29) is 19.7 Å². The van der Waals surface area contributed by atoms with Gasteiger partial charge in [0.05, 0.1) is 13.1 Å². The van der Waals surface area contributed by atoms with Crippen LogP contribution in [0.25, 0.3) is 0 Å². The second-order valence-electron chi connectivity index (χ2n) is 10.3. The van der Waals surface area contributed by atoms with E-state index in [1.165, 1.54) is 22.3 Å². The average molecular weight is 443 g/mol. The van der Waals surface area contributed by atoms with Crippen molar-refractivity contribution >= 4 is 0 Å². The van der Waals surface area contributed by atoms with Crippen LogP contribution in [0, 0.1) is 5.92 Å². The van der Waals surface area contributed by atoms with Gasteiger partial charge < -0.3 is 5.11 Å². The molecule has 4 rings (SSSR count). The summed E-state index contributed by atoms with van der Waals surface area (Å²) in [4.78, 5) is 4.20. The quantitative estimate of drug-likeness (QED) is 0.590. The molecule has 2 fully saturated rings. The molecule has 1 N–H and O–H groups in total. The molecular weight excluding hydrogens is 406 g/mol. The van der Waals surface area contributed by atoms with Crippen molar-refractivity contribution in [2.75, 3.05) is 32.8 Å². The number of halogens is 2. The summed E-state index contributed by atoms with van der Waals surface area (Å²) >= 11 is 0. The summed E-state index contributed by atoms with van der Waals surface area (Å²) in [5.74, 6) is -1.21. The summed E-state index contributed by atoms with van der Waals surface area (Å²) in [6, 6.07) is 15.4. The SMILES string of the molecule is CC(C)c1ccc(CN2CC(CO)C2)c(CC(C)c2ccc(CN3CC(F)(F)C3)cc2)c1. The fraction of sp³-hybridized carbons (Fsp3) is 0.556. The number of hydrogen-bond donors (Lipinski definition) is 1. The van der Waals surface area contributed by atoms with Crippen LogP contribution >= 0.6 is 0 Å². The molecule has 0 aromatic heterocycles. The highest BCUT2D eigenvalue weighted by Gasteiger charge is 2.43. The van der Waals surface area contributed by atoms with Gasteiger partial charge in [-0.05, 0) is 46.1 Å². The van der Waals surface area contributed by atoms with Crippen LogP contribution < -0.4 is 0 Å². The largest absolute Gasteiger partial charge is 0.396 e. The first-order valence-electron chi connectivity index (χ1n) is 11.9. The van der Waals surface area contributed by atoms with E-state index >= 15 is 0 Å². The topological polar surface area (TPSA) is 26.7 Å². The van der Waals surface area contributed by atoms with E-state index in [0.29, 0.717) is 24.3 Å². The zero-order chi connectivity index (χ0) is 22.9. The molecule has 5 heteroatoms. The van der Waals surface area contributed by atoms with Crippen molar-refractivity contribution in [1.82, 2.24) is 9.80 Å². The predicted octanol–water partition coefficient (Wildman–Crippen LogP) is 5.03. The molecule has 2 aromatic rings. The number of nitrogens with zero attached hydrogens (tertiary/aromatic N) is 2. The number of likely N-dealkylation sites (tertiary alicyclic amines) is 2. The van der Waals surface area contributed by atoms with E-state index in [4.69, 9.17) is 0 Å². The third-order valence-electron chi connectivity index (χ3n) is 6.97. The van der Waals surface area contributed by atoms with Crippen molar-refractivity contribution in [3.8, 4) is 0 Å². The molecular formula is C27H36F2N2O. The van der Waals surface area contributed by atoms with Crippen LogP contribution in [0.1, 0.15) is 60.4 Å². The van der Waals surface area contributed by atoms with Crippen LogP contribution in [0.2, 0.25) is 0 Å². The van der Waals surface area contributed by atoms with Gasteiger partial charge >= 0.3 is 0 Å². The van der Waals surface area contributed by atoms with Crippen LogP contribution in [0.4, 0.5) is 8.78 Å². The molecule has 0 aliphatic carbocycles. The zero-order valence-corrected chi connectivity index (χ0v) is 19.5. The van der Waals surface area contributed by atoms with E-state index < -0.39 is 5.92 Å². The summed E-state index contributed by atoms with van der Waals surface area (Å²) in [5, 5.41) is 9.31. The summed E-state index contributed by atoms with van der Waals surface area (Å²) < 4.78 is 26.1. The van der Waals surface area contributed by atoms with E-state index in [1.54, 1.807) is 4.90 Å². The second kappa shape index (κ2) is 9.58. The van der Waals surface area contributed by atoms with E-state index in [1.807, 2.05) is 0 Å². The molecule has 1 atom stereocenters. The molecule has 2 saturated heterocycles. The normalized spacial score (nSPS) is 20.2. The molecule has 174 valence electrons. The highest BCUT2D eigenvalue weighted by Crippen LogP contribution is 2.30. The lowest BCUT2D eigenvalue weighted by atomic mass is 9.88. The van der Waals surface area contributed by atoms with Crippen molar-refractivity contribution in [3.63, 3.8) is 0 Å². The summed E-state index contributed by atoms with van der Waals surface area (Å²) in [6.45, 7) is 10.2. The average Bonchev–Trinajstić information content (AvgIpc) is 2.70. The van der Waals surface area contributed by atoms with Crippen LogP contribution in [0.5, 0.6) is 0 Å². The summed E-state index contributed by atoms with van der Waals surface area (Å²) in [5.41, 5.74) is 6.54. The lowest BCUT2D eigenvalue weighted by molar-refractivity contribution is -0.133. The van der Waals surface area contributed by atoms with Gasteiger partial charge in [0.15, 0.2) is 0 Å². The van der Waals surface area contributed by atoms with Crippen molar-refractivity contribution < 1.29 is 13.9 Å². The fourth-order valence-corrected chi connectivity index (χ4v) is 4.89. The number of rotatable bonds is 9. The highest BCUT2D eigenvalue weighted by atomic mass is 19.3. The van der Waals surface area contributed by atoms with Gasteiger partial charge in [-0.1, -0.05) is 63.2 Å². The highest BCUT2D eigenvalue weighted by molar-refractivity contribution is 5.36. The third-order valence-corrected chi connectivity index (χ3v) is 6.97. The van der Waals surface area contributed by atoms with Crippen LogP contribution in [-0.2, 0) is 19.5 Å². The second-order valence-corrected chi connectivity index (χ2v) is 10.3. The Labute approximate surface area is 191 Å². The van der Waals surface area contributed by atoms with Gasteiger partial charge in [-0.2, -0.15) is 0 Å². The molecule has 0 amide bonds. The molecule has 32 heavy (non-hydrogen) atoms. The van der Waals surface area contributed by atoms with Crippen molar-refractivity contribution in [2.24, 2.45) is 5.92 Å². The fourth-order valence-electron chi connectivity index (χ4n) is 4.89. The van der Waals surface area contributed by atoms with Crippen LogP contribution in [0.15, 0.2) is 42.5 Å². The van der Waals surface area contributed by atoms with Crippen LogP contribution in [0.3, 0.4) is 0 Å². The monoisotopic (exact) mass is 442 g/mol. The van der Waals surface area contributed by atoms with E-state index in [2.05, 4.69) is 68.1 Å². The molecule has 2 aromatic carbocycles. The van der Waals surface area contributed by atoms with Gasteiger partial charge in [0, 0.05) is 38.7 Å².